The maximum Gasteiger partial charge on any atom is 0.200 e. The van der Waals surface area contributed by atoms with Crippen LogP contribution >= 0.6 is 0 Å². The number of aromatic hydroxyl groups is 2. The molecule has 2 aromatic carbocycles. The number of methoxy groups -OCH3 is 4. The monoisotopic (exact) mass is 640 g/mol. The van der Waals surface area contributed by atoms with Crippen molar-refractivity contribution in [2.24, 2.45) is 0 Å². The summed E-state index contributed by atoms with van der Waals surface area (Å²) in [4.78, 5) is 73.5. The van der Waals surface area contributed by atoms with Crippen LogP contribution in [0.1, 0.15) is 68.1 Å². The van der Waals surface area contributed by atoms with E-state index in [1.807, 2.05) is 0 Å². The molecular formula is C32H32O14. The highest BCUT2D eigenvalue weighted by Crippen LogP contribution is 2.42. The van der Waals surface area contributed by atoms with Gasteiger partial charge in [0.2, 0.25) is 11.6 Å². The van der Waals surface area contributed by atoms with Crippen molar-refractivity contribution in [2.45, 2.75) is 37.9 Å². The van der Waals surface area contributed by atoms with E-state index < -0.39 is 81.4 Å². The standard InChI is InChI=1S/2C16H16O7/c2*1-8(17)6-16(21)11(7-22-2)14(19)13-10(15(16)20)4-9(23-3)5-12(13)18/h2*4-5,7,18,21H,6H2,1-3H3/b2*11-7-/t2*16-/m11/s1. The summed E-state index contributed by atoms with van der Waals surface area (Å²) in [5.74, 6) is -4.90. The molecular weight excluding hydrogens is 608 g/mol. The molecule has 14 heteroatoms. The summed E-state index contributed by atoms with van der Waals surface area (Å²) in [5, 5.41) is 41.5. The van der Waals surface area contributed by atoms with Crippen molar-refractivity contribution >= 4 is 34.7 Å². The van der Waals surface area contributed by atoms with E-state index in [0.29, 0.717) is 0 Å². The van der Waals surface area contributed by atoms with Crippen LogP contribution in [-0.4, -0.2) is 94.8 Å². The molecule has 2 aromatic rings. The molecule has 0 saturated carbocycles. The molecule has 14 nitrogen and oxygen atoms in total. The number of ketones is 6. The van der Waals surface area contributed by atoms with Crippen LogP contribution in [-0.2, 0) is 19.1 Å². The number of fused-ring (bicyclic) bond motifs is 2. The van der Waals surface area contributed by atoms with Crippen molar-refractivity contribution in [3.8, 4) is 23.0 Å². The number of carbonyl (C=O) groups is 6. The van der Waals surface area contributed by atoms with E-state index in [-0.39, 0.29) is 33.8 Å². The summed E-state index contributed by atoms with van der Waals surface area (Å²) in [5.41, 5.74) is -6.40. The van der Waals surface area contributed by atoms with Gasteiger partial charge in [-0.25, -0.2) is 0 Å². The Bertz CT molecular complexity index is 1590. The average molecular weight is 641 g/mol. The summed E-state index contributed by atoms with van der Waals surface area (Å²) in [6.07, 6.45) is 0.667. The Morgan fingerprint density at radius 2 is 0.978 bits per heavy atom. The molecule has 0 bridgehead atoms. The molecule has 0 spiro atoms. The van der Waals surface area contributed by atoms with E-state index in [9.17, 15) is 49.2 Å². The number of ether oxygens (including phenoxy) is 4. The lowest BCUT2D eigenvalue weighted by molar-refractivity contribution is -0.120. The first-order chi connectivity index (χ1) is 21.5. The zero-order chi connectivity index (χ0) is 34.7. The second-order valence-electron chi connectivity index (χ2n) is 10.5. The fourth-order valence-electron chi connectivity index (χ4n) is 5.22. The third kappa shape index (κ3) is 6.12. The molecule has 0 amide bonds. The van der Waals surface area contributed by atoms with Crippen LogP contribution < -0.4 is 9.47 Å². The highest BCUT2D eigenvalue weighted by molar-refractivity contribution is 6.29. The fourth-order valence-corrected chi connectivity index (χ4v) is 5.22. The van der Waals surface area contributed by atoms with Crippen LogP contribution in [0, 0.1) is 0 Å². The molecule has 4 N–H and O–H groups in total. The number of hydrogen-bond donors (Lipinski definition) is 4. The smallest absolute Gasteiger partial charge is 0.200 e. The molecule has 2 atom stereocenters. The minimum absolute atomic E-state index is 0.145. The van der Waals surface area contributed by atoms with Crippen LogP contribution in [0.4, 0.5) is 0 Å². The van der Waals surface area contributed by atoms with Crippen molar-refractivity contribution in [1.29, 1.82) is 0 Å². The molecule has 2 aliphatic carbocycles. The van der Waals surface area contributed by atoms with Gasteiger partial charge in [0.15, 0.2) is 22.8 Å². The van der Waals surface area contributed by atoms with E-state index in [4.69, 9.17) is 18.9 Å². The first-order valence-electron chi connectivity index (χ1n) is 13.4. The number of carbonyl (C=O) groups excluding carboxylic acids is 6. The predicted molar refractivity (Wildman–Crippen MR) is 157 cm³/mol. The second-order valence-corrected chi connectivity index (χ2v) is 10.5. The highest BCUT2D eigenvalue weighted by Gasteiger charge is 2.52. The van der Waals surface area contributed by atoms with E-state index >= 15 is 0 Å². The highest BCUT2D eigenvalue weighted by atomic mass is 16.5. The Hall–Kier alpha value is -5.34. The van der Waals surface area contributed by atoms with Crippen LogP contribution in [0.2, 0.25) is 0 Å². The quantitative estimate of drug-likeness (QED) is 0.240. The van der Waals surface area contributed by atoms with Crippen molar-refractivity contribution in [2.75, 3.05) is 28.4 Å². The molecule has 2 aliphatic rings. The van der Waals surface area contributed by atoms with Crippen LogP contribution in [0.25, 0.3) is 0 Å². The maximum absolute atomic E-state index is 12.7. The lowest BCUT2D eigenvalue weighted by Crippen LogP contribution is -2.48. The molecule has 46 heavy (non-hydrogen) atoms. The van der Waals surface area contributed by atoms with E-state index in [2.05, 4.69) is 0 Å². The molecule has 244 valence electrons. The van der Waals surface area contributed by atoms with Crippen LogP contribution in [0.15, 0.2) is 47.9 Å². The van der Waals surface area contributed by atoms with Crippen molar-refractivity contribution in [3.63, 3.8) is 0 Å². The molecule has 0 aromatic heterocycles. The average Bonchev–Trinajstić information content (AvgIpc) is 2.98. The van der Waals surface area contributed by atoms with Gasteiger partial charge < -0.3 is 39.4 Å². The Morgan fingerprint density at radius 3 is 1.24 bits per heavy atom. The third-order valence-electron chi connectivity index (χ3n) is 7.21. The summed E-state index contributed by atoms with van der Waals surface area (Å²) in [6, 6.07) is 4.85. The number of benzene rings is 2. The van der Waals surface area contributed by atoms with E-state index in [1.54, 1.807) is 0 Å². The van der Waals surface area contributed by atoms with Gasteiger partial charge in [0, 0.05) is 36.1 Å². The van der Waals surface area contributed by atoms with Crippen LogP contribution in [0.5, 0.6) is 23.0 Å². The number of hydrogen-bond acceptors (Lipinski definition) is 14. The Balaban J connectivity index is 0.000000250. The van der Waals surface area contributed by atoms with Crippen molar-refractivity contribution < 1.29 is 68.1 Å². The Kier molecular flexibility index (Phi) is 10.2. The van der Waals surface area contributed by atoms with Gasteiger partial charge in [-0.1, -0.05) is 0 Å². The lowest BCUT2D eigenvalue weighted by atomic mass is 9.72. The van der Waals surface area contributed by atoms with Gasteiger partial charge in [-0.2, -0.15) is 0 Å². The zero-order valence-electron chi connectivity index (χ0n) is 25.7. The van der Waals surface area contributed by atoms with E-state index in [1.165, 1.54) is 66.6 Å². The lowest BCUT2D eigenvalue weighted by Gasteiger charge is -2.32. The van der Waals surface area contributed by atoms with E-state index in [0.717, 1.165) is 12.5 Å². The largest absolute Gasteiger partial charge is 0.507 e. The number of aliphatic hydroxyl groups is 2. The molecule has 4 rings (SSSR count). The van der Waals surface area contributed by atoms with Gasteiger partial charge in [-0.15, -0.1) is 0 Å². The normalized spacial score (nSPS) is 22.0. The second kappa shape index (κ2) is 13.3. The van der Waals surface area contributed by atoms with Gasteiger partial charge in [-0.3, -0.25) is 28.8 Å². The zero-order valence-corrected chi connectivity index (χ0v) is 25.7. The summed E-state index contributed by atoms with van der Waals surface area (Å²) in [7, 11) is 5.13. The third-order valence-corrected chi connectivity index (χ3v) is 7.21. The van der Waals surface area contributed by atoms with Gasteiger partial charge in [0.05, 0.1) is 63.2 Å². The van der Waals surface area contributed by atoms with Crippen molar-refractivity contribution in [1.82, 2.24) is 0 Å². The minimum atomic E-state index is -2.34. The summed E-state index contributed by atoms with van der Waals surface area (Å²) >= 11 is 0. The van der Waals surface area contributed by atoms with Gasteiger partial charge in [-0.05, 0) is 26.0 Å². The molecule has 0 fully saturated rings. The Labute approximate surface area is 262 Å². The molecule has 0 aliphatic heterocycles. The Morgan fingerprint density at radius 1 is 0.652 bits per heavy atom. The summed E-state index contributed by atoms with van der Waals surface area (Å²) < 4.78 is 19.4. The van der Waals surface area contributed by atoms with Gasteiger partial charge in [0.25, 0.3) is 0 Å². The van der Waals surface area contributed by atoms with Gasteiger partial charge >= 0.3 is 0 Å². The number of phenols is 2. The fraction of sp³-hybridized carbons (Fsp3) is 0.312. The molecule has 0 saturated heterocycles. The number of Topliss-reactive ketones (excluding diaryl/α,β-unsaturated/α-hetero) is 6. The maximum atomic E-state index is 12.7. The minimum Gasteiger partial charge on any atom is -0.507 e. The molecule has 0 heterocycles. The molecule has 0 radical (unpaired) electrons. The SMILES string of the molecule is CO/C=C1/C(=O)c2c(O)cc(OC)cc2C(=O)[C@@]1(O)CC(C)=O.CO/C=C1/C(=O)c2c(O)cc(OC)cc2C(=O)[C@@]1(O)CC(C)=O. The predicted octanol–water partition coefficient (Wildman–Crippen LogP) is 2.04. The van der Waals surface area contributed by atoms with Gasteiger partial charge in [0.1, 0.15) is 34.6 Å². The summed E-state index contributed by atoms with van der Waals surface area (Å²) in [6.45, 7) is 2.39. The number of rotatable bonds is 8. The first kappa shape index (κ1) is 35.1. The number of phenolic OH excluding ortho intramolecular Hbond substituents is 2. The first-order valence-corrected chi connectivity index (χ1v) is 13.4. The molecule has 0 unspecified atom stereocenters. The topological polar surface area (TPSA) is 220 Å². The van der Waals surface area contributed by atoms with Crippen LogP contribution in [0.3, 0.4) is 0 Å². The van der Waals surface area contributed by atoms with Crippen molar-refractivity contribution in [3.05, 3.63) is 70.2 Å².